The molecular weight excluding hydrogens is 345 g/mol. The van der Waals surface area contributed by atoms with Gasteiger partial charge in [0.25, 0.3) is 0 Å². The van der Waals surface area contributed by atoms with Crippen LogP contribution < -0.4 is 11.1 Å². The summed E-state index contributed by atoms with van der Waals surface area (Å²) < 4.78 is 16.4. The molecule has 0 aliphatic heterocycles. The fraction of sp³-hybridized carbons (Fsp3) is 0.0625. The Morgan fingerprint density at radius 2 is 2.28 bits per heavy atom. The molecule has 1 aromatic carbocycles. The lowest BCUT2D eigenvalue weighted by Crippen LogP contribution is -2.03. The second-order valence-electron chi connectivity index (χ2n) is 5.40. The third kappa shape index (κ3) is 2.33. The molecule has 4 rings (SSSR count). The van der Waals surface area contributed by atoms with Crippen LogP contribution in [0.1, 0.15) is 0 Å². The summed E-state index contributed by atoms with van der Waals surface area (Å²) in [5.41, 5.74) is 8.24. The van der Waals surface area contributed by atoms with E-state index in [2.05, 4.69) is 20.6 Å². The summed E-state index contributed by atoms with van der Waals surface area (Å²) in [6, 6.07) is 7.21. The van der Waals surface area contributed by atoms with Crippen molar-refractivity contribution in [2.45, 2.75) is 0 Å². The fourth-order valence-corrected chi connectivity index (χ4v) is 3.16. The summed E-state index contributed by atoms with van der Waals surface area (Å²) in [7, 11) is 0. The number of nitriles is 1. The van der Waals surface area contributed by atoms with Gasteiger partial charge >= 0.3 is 0 Å². The van der Waals surface area contributed by atoms with E-state index in [-0.39, 0.29) is 17.3 Å². The number of nitrogens with two attached hydrogens (primary N) is 1. The molecule has 0 radical (unpaired) electrons. The molecule has 0 aliphatic carbocycles. The molecule has 0 saturated carbocycles. The normalized spacial score (nSPS) is 11.1. The van der Waals surface area contributed by atoms with E-state index in [0.717, 1.165) is 5.52 Å². The molecule has 25 heavy (non-hydrogen) atoms. The van der Waals surface area contributed by atoms with E-state index < -0.39 is 5.82 Å². The average molecular weight is 356 g/mol. The standard InChI is InChI=1S/C16H11ClFN7/c17-13-12(8-1-4-25-9(5-8)6-11(20)24-25)10-7-22-23-15(10)16(14(13)18)21-3-2-19/h1,4-7,21H,3H2,(H2,20,24)(H,22,23). The number of H-pyrrole nitrogens is 1. The predicted octanol–water partition coefficient (Wildman–Crippen LogP) is 3.19. The van der Waals surface area contributed by atoms with Crippen LogP contribution in [-0.4, -0.2) is 26.4 Å². The molecule has 9 heteroatoms. The zero-order valence-electron chi connectivity index (χ0n) is 12.7. The van der Waals surface area contributed by atoms with Crippen molar-refractivity contribution in [3.05, 3.63) is 41.4 Å². The number of hydrogen-bond acceptors (Lipinski definition) is 5. The van der Waals surface area contributed by atoms with Gasteiger partial charge in [-0.1, -0.05) is 11.6 Å². The van der Waals surface area contributed by atoms with Gasteiger partial charge in [0.2, 0.25) is 0 Å². The molecule has 0 atom stereocenters. The summed E-state index contributed by atoms with van der Waals surface area (Å²) in [5, 5.41) is 22.9. The smallest absolute Gasteiger partial charge is 0.167 e. The highest BCUT2D eigenvalue weighted by atomic mass is 35.5. The van der Waals surface area contributed by atoms with Crippen molar-refractivity contribution in [2.24, 2.45) is 0 Å². The first kappa shape index (κ1) is 15.2. The number of aromatic nitrogens is 4. The van der Waals surface area contributed by atoms with E-state index in [9.17, 15) is 4.39 Å². The Kier molecular flexibility index (Phi) is 3.44. The van der Waals surface area contributed by atoms with Crippen LogP contribution >= 0.6 is 11.6 Å². The lowest BCUT2D eigenvalue weighted by molar-refractivity contribution is 0.633. The first-order valence-corrected chi connectivity index (χ1v) is 7.68. The molecule has 7 nitrogen and oxygen atoms in total. The number of nitrogens with one attached hydrogen (secondary N) is 2. The van der Waals surface area contributed by atoms with Gasteiger partial charge in [-0.2, -0.15) is 15.5 Å². The van der Waals surface area contributed by atoms with Crippen molar-refractivity contribution in [1.29, 1.82) is 5.26 Å². The number of hydrogen-bond donors (Lipinski definition) is 3. The molecule has 0 aliphatic rings. The molecule has 0 amide bonds. The lowest BCUT2D eigenvalue weighted by Gasteiger charge is -2.13. The van der Waals surface area contributed by atoms with E-state index in [4.69, 9.17) is 22.6 Å². The summed E-state index contributed by atoms with van der Waals surface area (Å²) in [6.45, 7) is -0.0538. The van der Waals surface area contributed by atoms with Crippen LogP contribution in [0.25, 0.3) is 27.5 Å². The molecule has 0 fully saturated rings. The molecule has 0 bridgehead atoms. The van der Waals surface area contributed by atoms with Gasteiger partial charge in [-0.25, -0.2) is 8.91 Å². The Balaban J connectivity index is 1.99. The summed E-state index contributed by atoms with van der Waals surface area (Å²) in [6.07, 6.45) is 3.30. The first-order chi connectivity index (χ1) is 12.1. The SMILES string of the molecule is N#CCNc1c(F)c(Cl)c(-c2ccn3nc(N)cc3c2)c2cn[nH]c12. The minimum Gasteiger partial charge on any atom is -0.382 e. The summed E-state index contributed by atoms with van der Waals surface area (Å²) in [4.78, 5) is 0. The molecule has 0 saturated heterocycles. The van der Waals surface area contributed by atoms with Crippen molar-refractivity contribution in [2.75, 3.05) is 17.6 Å². The number of fused-ring (bicyclic) bond motifs is 2. The van der Waals surface area contributed by atoms with Crippen molar-refractivity contribution < 1.29 is 4.39 Å². The van der Waals surface area contributed by atoms with Crippen molar-refractivity contribution in [1.82, 2.24) is 19.8 Å². The van der Waals surface area contributed by atoms with E-state index >= 15 is 0 Å². The average Bonchev–Trinajstić information content (AvgIpc) is 3.20. The second kappa shape index (κ2) is 5.65. The topological polar surface area (TPSA) is 108 Å². The number of pyridine rings is 1. The molecule has 124 valence electrons. The molecule has 3 heterocycles. The molecular formula is C16H11ClFN7. The van der Waals surface area contributed by atoms with Crippen molar-refractivity contribution in [3.8, 4) is 17.2 Å². The number of anilines is 2. The number of halogens is 2. The number of rotatable bonds is 3. The third-order valence-corrected chi connectivity index (χ3v) is 4.26. The first-order valence-electron chi connectivity index (χ1n) is 7.30. The molecule has 0 unspecified atom stereocenters. The summed E-state index contributed by atoms with van der Waals surface area (Å²) in [5.74, 6) is -0.254. The van der Waals surface area contributed by atoms with Gasteiger partial charge in [-0.3, -0.25) is 5.10 Å². The van der Waals surface area contributed by atoms with Gasteiger partial charge in [0.15, 0.2) is 5.82 Å². The van der Waals surface area contributed by atoms with Crippen LogP contribution in [0.15, 0.2) is 30.6 Å². The van der Waals surface area contributed by atoms with E-state index in [1.54, 1.807) is 29.0 Å². The third-order valence-electron chi connectivity index (χ3n) is 3.91. The predicted molar refractivity (Wildman–Crippen MR) is 93.8 cm³/mol. The highest BCUT2D eigenvalue weighted by Gasteiger charge is 2.21. The monoisotopic (exact) mass is 355 g/mol. The molecule has 4 aromatic rings. The second-order valence-corrected chi connectivity index (χ2v) is 5.78. The zero-order valence-corrected chi connectivity index (χ0v) is 13.5. The van der Waals surface area contributed by atoms with E-state index in [0.29, 0.717) is 27.8 Å². The quantitative estimate of drug-likeness (QED) is 0.489. The molecule has 4 N–H and O–H groups in total. The zero-order chi connectivity index (χ0) is 17.6. The number of nitrogen functional groups attached to an aromatic ring is 1. The van der Waals surface area contributed by atoms with Gasteiger partial charge < -0.3 is 11.1 Å². The number of aromatic amines is 1. The minimum atomic E-state index is -0.642. The van der Waals surface area contributed by atoms with Crippen LogP contribution in [0, 0.1) is 17.1 Å². The Labute approximate surface area is 145 Å². The van der Waals surface area contributed by atoms with Gasteiger partial charge in [-0.15, -0.1) is 0 Å². The highest BCUT2D eigenvalue weighted by molar-refractivity contribution is 6.36. The Hall–Kier alpha value is -3.31. The van der Waals surface area contributed by atoms with Crippen LogP contribution in [0.2, 0.25) is 5.02 Å². The van der Waals surface area contributed by atoms with E-state index in [1.807, 2.05) is 12.1 Å². The van der Waals surface area contributed by atoms with Crippen LogP contribution in [0.3, 0.4) is 0 Å². The maximum Gasteiger partial charge on any atom is 0.167 e. The Morgan fingerprint density at radius 1 is 1.44 bits per heavy atom. The van der Waals surface area contributed by atoms with Gasteiger partial charge in [0, 0.05) is 23.2 Å². The fourth-order valence-electron chi connectivity index (χ4n) is 2.86. The van der Waals surface area contributed by atoms with Crippen molar-refractivity contribution in [3.63, 3.8) is 0 Å². The number of nitrogens with zero attached hydrogens (tertiary/aromatic N) is 4. The molecule has 3 aromatic heterocycles. The van der Waals surface area contributed by atoms with Gasteiger partial charge in [-0.05, 0) is 17.7 Å². The van der Waals surface area contributed by atoms with Crippen LogP contribution in [0.4, 0.5) is 15.9 Å². The van der Waals surface area contributed by atoms with Gasteiger partial charge in [0.05, 0.1) is 34.0 Å². The maximum absolute atomic E-state index is 14.8. The van der Waals surface area contributed by atoms with E-state index in [1.165, 1.54) is 0 Å². The minimum absolute atomic E-state index is 0.0498. The Bertz CT molecular complexity index is 1150. The highest BCUT2D eigenvalue weighted by Crippen LogP contribution is 2.41. The van der Waals surface area contributed by atoms with Crippen molar-refractivity contribution >= 4 is 39.5 Å². The summed E-state index contributed by atoms with van der Waals surface area (Å²) >= 11 is 6.32. The van der Waals surface area contributed by atoms with Gasteiger partial charge in [0.1, 0.15) is 12.4 Å². The largest absolute Gasteiger partial charge is 0.382 e. The van der Waals surface area contributed by atoms with Crippen LogP contribution in [-0.2, 0) is 0 Å². The van der Waals surface area contributed by atoms with Crippen LogP contribution in [0.5, 0.6) is 0 Å². The maximum atomic E-state index is 14.8. The molecule has 0 spiro atoms. The lowest BCUT2D eigenvalue weighted by atomic mass is 10.0. The Morgan fingerprint density at radius 3 is 3.08 bits per heavy atom. The number of benzene rings is 1.